The molecule has 0 bridgehead atoms. The molecule has 1 N–H and O–H groups in total. The summed E-state index contributed by atoms with van der Waals surface area (Å²) in [5, 5.41) is 5.34. The lowest BCUT2D eigenvalue weighted by Gasteiger charge is -2.15. The minimum absolute atomic E-state index is 0.197. The number of thiophene rings is 1. The van der Waals surface area contributed by atoms with Crippen LogP contribution in [0.1, 0.15) is 23.8 Å². The predicted octanol–water partition coefficient (Wildman–Crippen LogP) is 1.96. The molecular weight excluding hydrogens is 210 g/mol. The summed E-state index contributed by atoms with van der Waals surface area (Å²) in [4.78, 5) is 12.4. The Bertz CT molecular complexity index is 319. The van der Waals surface area contributed by atoms with Crippen LogP contribution in [0.15, 0.2) is 17.5 Å². The molecule has 1 fully saturated rings. The van der Waals surface area contributed by atoms with E-state index in [-0.39, 0.29) is 5.97 Å². The number of carbonyl (C=O) groups is 1. The Labute approximate surface area is 93.4 Å². The van der Waals surface area contributed by atoms with Crippen LogP contribution in [0.5, 0.6) is 0 Å². The normalized spacial score (nSPS) is 17.4. The highest BCUT2D eigenvalue weighted by atomic mass is 32.1. The molecular formula is C11H15NO2S. The zero-order valence-electron chi connectivity index (χ0n) is 8.73. The van der Waals surface area contributed by atoms with Crippen LogP contribution in [-0.4, -0.2) is 19.6 Å². The second-order valence-corrected chi connectivity index (χ2v) is 4.77. The van der Waals surface area contributed by atoms with Gasteiger partial charge in [0.1, 0.15) is 0 Å². The number of ether oxygens (including phenoxy) is 1. The van der Waals surface area contributed by atoms with E-state index in [1.54, 1.807) is 11.3 Å². The largest absolute Gasteiger partial charge is 0.468 e. The highest BCUT2D eigenvalue weighted by Gasteiger charge is 2.32. The molecule has 0 aliphatic heterocycles. The summed E-state index contributed by atoms with van der Waals surface area (Å²) in [5.74, 6) is 0.505. The van der Waals surface area contributed by atoms with E-state index in [1.165, 1.54) is 24.8 Å². The number of carbonyl (C=O) groups excluding carboxylic acids is 1. The van der Waals surface area contributed by atoms with Gasteiger partial charge in [-0.2, -0.15) is 0 Å². The summed E-state index contributed by atoms with van der Waals surface area (Å²) in [7, 11) is 1.42. The molecule has 1 aromatic rings. The third kappa shape index (κ3) is 2.79. The van der Waals surface area contributed by atoms with Gasteiger partial charge in [0.15, 0.2) is 0 Å². The highest BCUT2D eigenvalue weighted by Crippen LogP contribution is 2.42. The number of esters is 1. The van der Waals surface area contributed by atoms with Crippen LogP contribution in [0.25, 0.3) is 0 Å². The second-order valence-electron chi connectivity index (χ2n) is 3.79. The van der Waals surface area contributed by atoms with Gasteiger partial charge in [0.25, 0.3) is 0 Å². The van der Waals surface area contributed by atoms with Crippen molar-refractivity contribution in [1.82, 2.24) is 5.32 Å². The molecule has 1 atom stereocenters. The van der Waals surface area contributed by atoms with E-state index >= 15 is 0 Å². The average molecular weight is 225 g/mol. The van der Waals surface area contributed by atoms with Crippen molar-refractivity contribution in [3.05, 3.63) is 22.4 Å². The number of hydrogen-bond donors (Lipinski definition) is 1. The molecule has 0 aromatic carbocycles. The molecule has 3 nitrogen and oxygen atoms in total. The Morgan fingerprint density at radius 3 is 3.07 bits per heavy atom. The maximum Gasteiger partial charge on any atom is 0.319 e. The van der Waals surface area contributed by atoms with E-state index in [4.69, 9.17) is 0 Å². The van der Waals surface area contributed by atoms with Crippen molar-refractivity contribution in [3.63, 3.8) is 0 Å². The van der Waals surface area contributed by atoms with Gasteiger partial charge >= 0.3 is 5.97 Å². The molecule has 0 radical (unpaired) electrons. The third-order valence-electron chi connectivity index (χ3n) is 2.64. The van der Waals surface area contributed by atoms with E-state index < -0.39 is 0 Å². The lowest BCUT2D eigenvalue weighted by Crippen LogP contribution is -2.29. The molecule has 82 valence electrons. The summed E-state index contributed by atoms with van der Waals surface area (Å²) < 4.78 is 4.62. The molecule has 1 saturated carbocycles. The molecule has 0 spiro atoms. The number of rotatable bonds is 5. The molecule has 1 aromatic heterocycles. The van der Waals surface area contributed by atoms with Crippen molar-refractivity contribution < 1.29 is 9.53 Å². The molecule has 4 heteroatoms. The fourth-order valence-corrected chi connectivity index (χ4v) is 2.56. The van der Waals surface area contributed by atoms with Gasteiger partial charge < -0.3 is 4.74 Å². The standard InChI is InChI=1S/C11H15NO2S/c1-14-10(13)7-12-11(8-4-5-8)9-3-2-6-15-9/h2-3,6,8,11-12H,4-5,7H2,1H3. The van der Waals surface area contributed by atoms with Gasteiger partial charge in [0.2, 0.25) is 0 Å². The molecule has 1 unspecified atom stereocenters. The van der Waals surface area contributed by atoms with Crippen LogP contribution < -0.4 is 5.32 Å². The number of methoxy groups -OCH3 is 1. The number of nitrogens with one attached hydrogen (secondary N) is 1. The Morgan fingerprint density at radius 1 is 1.73 bits per heavy atom. The van der Waals surface area contributed by atoms with Crippen molar-refractivity contribution in [2.24, 2.45) is 5.92 Å². The minimum atomic E-state index is -0.197. The highest BCUT2D eigenvalue weighted by molar-refractivity contribution is 7.10. The molecule has 1 aliphatic rings. The Balaban J connectivity index is 1.92. The zero-order chi connectivity index (χ0) is 10.7. The summed E-state index contributed by atoms with van der Waals surface area (Å²) in [6.07, 6.45) is 2.52. The van der Waals surface area contributed by atoms with Gasteiger partial charge in [-0.15, -0.1) is 11.3 Å². The summed E-state index contributed by atoms with van der Waals surface area (Å²) >= 11 is 1.74. The fraction of sp³-hybridized carbons (Fsp3) is 0.545. The monoisotopic (exact) mass is 225 g/mol. The molecule has 2 rings (SSSR count). The predicted molar refractivity (Wildman–Crippen MR) is 59.8 cm³/mol. The van der Waals surface area contributed by atoms with E-state index in [9.17, 15) is 4.79 Å². The topological polar surface area (TPSA) is 38.3 Å². The van der Waals surface area contributed by atoms with Crippen LogP contribution in [0.2, 0.25) is 0 Å². The van der Waals surface area contributed by atoms with E-state index in [0.29, 0.717) is 18.5 Å². The lowest BCUT2D eigenvalue weighted by atomic mass is 10.1. The van der Waals surface area contributed by atoms with Crippen LogP contribution in [0, 0.1) is 5.92 Å². The fourth-order valence-electron chi connectivity index (χ4n) is 1.66. The first-order valence-corrected chi connectivity index (χ1v) is 6.03. The zero-order valence-corrected chi connectivity index (χ0v) is 9.55. The molecule has 1 aliphatic carbocycles. The van der Waals surface area contributed by atoms with Gasteiger partial charge in [-0.3, -0.25) is 10.1 Å². The first-order chi connectivity index (χ1) is 7.31. The molecule has 0 saturated heterocycles. The van der Waals surface area contributed by atoms with Crippen molar-refractivity contribution in [1.29, 1.82) is 0 Å². The van der Waals surface area contributed by atoms with Gasteiger partial charge in [-0.1, -0.05) is 6.07 Å². The van der Waals surface area contributed by atoms with Crippen LogP contribution in [-0.2, 0) is 9.53 Å². The Kier molecular flexibility index (Phi) is 3.38. The van der Waals surface area contributed by atoms with E-state index in [1.807, 2.05) is 0 Å². The van der Waals surface area contributed by atoms with Gasteiger partial charge in [-0.05, 0) is 30.2 Å². The third-order valence-corrected chi connectivity index (χ3v) is 3.59. The SMILES string of the molecule is COC(=O)CNC(c1cccs1)C1CC1. The smallest absolute Gasteiger partial charge is 0.319 e. The van der Waals surface area contributed by atoms with Crippen molar-refractivity contribution >= 4 is 17.3 Å². The van der Waals surface area contributed by atoms with Crippen molar-refractivity contribution in [3.8, 4) is 0 Å². The quantitative estimate of drug-likeness (QED) is 0.778. The van der Waals surface area contributed by atoms with Crippen molar-refractivity contribution in [2.45, 2.75) is 18.9 Å². The summed E-state index contributed by atoms with van der Waals surface area (Å²) in [6, 6.07) is 4.51. The minimum Gasteiger partial charge on any atom is -0.468 e. The molecule has 0 amide bonds. The van der Waals surface area contributed by atoms with E-state index in [0.717, 1.165) is 0 Å². The lowest BCUT2D eigenvalue weighted by molar-refractivity contribution is -0.139. The van der Waals surface area contributed by atoms with Crippen molar-refractivity contribution in [2.75, 3.05) is 13.7 Å². The van der Waals surface area contributed by atoms with Crippen LogP contribution in [0.3, 0.4) is 0 Å². The molecule has 1 heterocycles. The van der Waals surface area contributed by atoms with Gasteiger partial charge in [0.05, 0.1) is 13.7 Å². The summed E-state index contributed by atoms with van der Waals surface area (Å²) in [6.45, 7) is 0.301. The number of hydrogen-bond acceptors (Lipinski definition) is 4. The van der Waals surface area contributed by atoms with Gasteiger partial charge in [-0.25, -0.2) is 0 Å². The summed E-state index contributed by atoms with van der Waals surface area (Å²) in [5.41, 5.74) is 0. The Morgan fingerprint density at radius 2 is 2.53 bits per heavy atom. The maximum absolute atomic E-state index is 11.0. The van der Waals surface area contributed by atoms with E-state index in [2.05, 4.69) is 27.6 Å². The first kappa shape index (κ1) is 10.6. The second kappa shape index (κ2) is 4.77. The first-order valence-electron chi connectivity index (χ1n) is 5.15. The Hall–Kier alpha value is -0.870. The molecule has 15 heavy (non-hydrogen) atoms. The van der Waals surface area contributed by atoms with Gasteiger partial charge in [0, 0.05) is 10.9 Å². The maximum atomic E-state index is 11.0. The van der Waals surface area contributed by atoms with Crippen LogP contribution in [0.4, 0.5) is 0 Å². The average Bonchev–Trinajstić information content (AvgIpc) is 2.94. The van der Waals surface area contributed by atoms with Crippen LogP contribution >= 0.6 is 11.3 Å².